The zero-order valence-corrected chi connectivity index (χ0v) is 10.8. The number of fused-ring (bicyclic) bond motifs is 1. The van der Waals surface area contributed by atoms with Crippen molar-refractivity contribution in [1.82, 2.24) is 10.3 Å². The van der Waals surface area contributed by atoms with Crippen LogP contribution in [0.25, 0.3) is 0 Å². The van der Waals surface area contributed by atoms with E-state index in [-0.39, 0.29) is 11.8 Å². The average molecular weight is 256 g/mol. The molecule has 1 aromatic carbocycles. The first-order chi connectivity index (χ1) is 9.24. The Labute approximate surface area is 112 Å². The van der Waals surface area contributed by atoms with Crippen LogP contribution in [0.15, 0.2) is 36.4 Å². The Morgan fingerprint density at radius 2 is 2.16 bits per heavy atom. The highest BCUT2D eigenvalue weighted by Crippen LogP contribution is 2.32. The maximum Gasteiger partial charge on any atom is 0.138 e. The molecule has 98 valence electrons. The van der Waals surface area contributed by atoms with Gasteiger partial charge in [0.2, 0.25) is 0 Å². The molecule has 0 saturated carbocycles. The molecule has 1 aromatic heterocycles. The van der Waals surface area contributed by atoms with Gasteiger partial charge in [-0.05, 0) is 25.1 Å². The van der Waals surface area contributed by atoms with Crippen LogP contribution in [-0.4, -0.2) is 16.7 Å². The van der Waals surface area contributed by atoms with Crippen molar-refractivity contribution in [1.29, 1.82) is 0 Å². The minimum absolute atomic E-state index is 0.151. The Balaban J connectivity index is 1.72. The molecule has 0 saturated heterocycles. The zero-order valence-electron chi connectivity index (χ0n) is 10.8. The number of nitrogens with one attached hydrogen (secondary N) is 1. The van der Waals surface area contributed by atoms with Gasteiger partial charge in [-0.25, -0.2) is 0 Å². The first-order valence-corrected chi connectivity index (χ1v) is 6.34. The molecular weight excluding hydrogens is 240 g/mol. The number of hydrogen-bond acceptors (Lipinski definition) is 4. The van der Waals surface area contributed by atoms with Gasteiger partial charge in [0.15, 0.2) is 0 Å². The van der Waals surface area contributed by atoms with Gasteiger partial charge in [-0.15, -0.1) is 0 Å². The van der Waals surface area contributed by atoms with E-state index in [1.807, 2.05) is 25.1 Å². The van der Waals surface area contributed by atoms with Crippen LogP contribution in [0.3, 0.4) is 0 Å². The summed E-state index contributed by atoms with van der Waals surface area (Å²) in [5.41, 5.74) is 2.73. The predicted octanol–water partition coefficient (Wildman–Crippen LogP) is 2.32. The van der Waals surface area contributed by atoms with Crippen LogP contribution in [0.4, 0.5) is 0 Å². The van der Waals surface area contributed by atoms with E-state index < -0.39 is 0 Å². The lowest BCUT2D eigenvalue weighted by atomic mass is 10.1. The van der Waals surface area contributed by atoms with Crippen LogP contribution in [0.1, 0.15) is 23.0 Å². The third-order valence-electron chi connectivity index (χ3n) is 3.31. The number of aromatic nitrogens is 1. The molecule has 3 rings (SSSR count). The highest BCUT2D eigenvalue weighted by atomic mass is 16.5. The summed E-state index contributed by atoms with van der Waals surface area (Å²) < 4.78 is 5.61. The fourth-order valence-electron chi connectivity index (χ4n) is 2.28. The van der Waals surface area contributed by atoms with Gasteiger partial charge in [-0.1, -0.05) is 18.2 Å². The molecule has 0 unspecified atom stereocenters. The third kappa shape index (κ3) is 2.39. The van der Waals surface area contributed by atoms with E-state index in [4.69, 9.17) is 4.74 Å². The molecule has 0 spiro atoms. The summed E-state index contributed by atoms with van der Waals surface area (Å²) in [6.45, 7) is 3.05. The normalized spacial score (nSPS) is 17.0. The quantitative estimate of drug-likeness (QED) is 0.885. The van der Waals surface area contributed by atoms with Gasteiger partial charge < -0.3 is 15.2 Å². The van der Waals surface area contributed by atoms with Crippen molar-refractivity contribution < 1.29 is 9.84 Å². The Morgan fingerprint density at radius 3 is 3.05 bits per heavy atom. The molecule has 0 amide bonds. The maximum atomic E-state index is 9.77. The minimum atomic E-state index is 0.151. The standard InChI is InChI=1S/C15H16N2O2/c1-10-6-7-14(18)12(17-10)8-16-13-9-19-15-5-3-2-4-11(13)15/h2-7,13,16,18H,8-9H2,1H3/t13-/m0/s1. The highest BCUT2D eigenvalue weighted by Gasteiger charge is 2.23. The fraction of sp³-hybridized carbons (Fsp3) is 0.267. The van der Waals surface area contributed by atoms with Crippen LogP contribution in [0.2, 0.25) is 0 Å². The minimum Gasteiger partial charge on any atom is -0.506 e. The van der Waals surface area contributed by atoms with E-state index in [9.17, 15) is 5.11 Å². The summed E-state index contributed by atoms with van der Waals surface area (Å²) in [6.07, 6.45) is 0. The molecule has 0 bridgehead atoms. The van der Waals surface area contributed by atoms with Crippen molar-refractivity contribution >= 4 is 0 Å². The molecule has 2 N–H and O–H groups in total. The number of nitrogens with zero attached hydrogens (tertiary/aromatic N) is 1. The SMILES string of the molecule is Cc1ccc(O)c(CN[C@H]2COc3ccccc32)n1. The number of pyridine rings is 1. The predicted molar refractivity (Wildman–Crippen MR) is 72.2 cm³/mol. The zero-order chi connectivity index (χ0) is 13.2. The van der Waals surface area contributed by atoms with Crippen LogP contribution < -0.4 is 10.1 Å². The molecule has 0 aliphatic carbocycles. The van der Waals surface area contributed by atoms with Crippen LogP contribution >= 0.6 is 0 Å². The number of aromatic hydroxyl groups is 1. The fourth-order valence-corrected chi connectivity index (χ4v) is 2.28. The number of aryl methyl sites for hydroxylation is 1. The van der Waals surface area contributed by atoms with E-state index in [1.165, 1.54) is 0 Å². The van der Waals surface area contributed by atoms with Crippen molar-refractivity contribution in [3.05, 3.63) is 53.3 Å². The number of hydrogen-bond donors (Lipinski definition) is 2. The largest absolute Gasteiger partial charge is 0.506 e. The molecule has 1 aliphatic rings. The smallest absolute Gasteiger partial charge is 0.138 e. The molecule has 2 heterocycles. The lowest BCUT2D eigenvalue weighted by molar-refractivity contribution is 0.309. The Hall–Kier alpha value is -2.07. The second-order valence-corrected chi connectivity index (χ2v) is 4.70. The molecule has 4 heteroatoms. The molecular formula is C15H16N2O2. The molecule has 0 radical (unpaired) electrons. The van der Waals surface area contributed by atoms with Gasteiger partial charge in [0.05, 0.1) is 11.7 Å². The lowest BCUT2D eigenvalue weighted by Crippen LogP contribution is -2.22. The van der Waals surface area contributed by atoms with E-state index >= 15 is 0 Å². The van der Waals surface area contributed by atoms with E-state index in [1.54, 1.807) is 12.1 Å². The summed E-state index contributed by atoms with van der Waals surface area (Å²) in [5.74, 6) is 1.16. The summed E-state index contributed by atoms with van der Waals surface area (Å²) in [5, 5.41) is 13.1. The van der Waals surface area contributed by atoms with E-state index in [0.29, 0.717) is 18.8 Å². The second-order valence-electron chi connectivity index (χ2n) is 4.70. The summed E-state index contributed by atoms with van der Waals surface area (Å²) in [7, 11) is 0. The van der Waals surface area contributed by atoms with Crippen LogP contribution in [-0.2, 0) is 6.54 Å². The van der Waals surface area contributed by atoms with Crippen molar-refractivity contribution in [2.75, 3.05) is 6.61 Å². The van der Waals surface area contributed by atoms with Gasteiger partial charge in [-0.3, -0.25) is 4.98 Å². The maximum absolute atomic E-state index is 9.77. The first kappa shape index (κ1) is 12.0. The molecule has 0 fully saturated rings. The van der Waals surface area contributed by atoms with Gasteiger partial charge in [0.25, 0.3) is 0 Å². The van der Waals surface area contributed by atoms with E-state index in [2.05, 4.69) is 16.4 Å². The summed E-state index contributed by atoms with van der Waals surface area (Å²) in [4.78, 5) is 4.34. The monoisotopic (exact) mass is 256 g/mol. The Morgan fingerprint density at radius 1 is 1.32 bits per heavy atom. The molecule has 4 nitrogen and oxygen atoms in total. The summed E-state index contributed by atoms with van der Waals surface area (Å²) >= 11 is 0. The van der Waals surface area contributed by atoms with Crippen LogP contribution in [0, 0.1) is 6.92 Å². The van der Waals surface area contributed by atoms with Gasteiger partial charge in [-0.2, -0.15) is 0 Å². The lowest BCUT2D eigenvalue weighted by Gasteiger charge is -2.12. The molecule has 2 aromatic rings. The molecule has 19 heavy (non-hydrogen) atoms. The van der Waals surface area contributed by atoms with Crippen molar-refractivity contribution in [3.8, 4) is 11.5 Å². The number of rotatable bonds is 3. The van der Waals surface area contributed by atoms with Gasteiger partial charge in [0.1, 0.15) is 18.1 Å². The molecule has 1 atom stereocenters. The summed E-state index contributed by atoms with van der Waals surface area (Å²) in [6, 6.07) is 11.6. The van der Waals surface area contributed by atoms with Gasteiger partial charge in [0, 0.05) is 17.8 Å². The van der Waals surface area contributed by atoms with Crippen LogP contribution in [0.5, 0.6) is 11.5 Å². The van der Waals surface area contributed by atoms with Crippen molar-refractivity contribution in [2.45, 2.75) is 19.5 Å². The second kappa shape index (κ2) is 4.90. The Bertz CT molecular complexity index is 598. The number of benzene rings is 1. The number of ether oxygens (including phenoxy) is 1. The van der Waals surface area contributed by atoms with Crippen molar-refractivity contribution in [2.24, 2.45) is 0 Å². The Kier molecular flexibility index (Phi) is 3.09. The van der Waals surface area contributed by atoms with Crippen molar-refractivity contribution in [3.63, 3.8) is 0 Å². The topological polar surface area (TPSA) is 54.4 Å². The molecule has 1 aliphatic heterocycles. The van der Waals surface area contributed by atoms with Gasteiger partial charge >= 0.3 is 0 Å². The first-order valence-electron chi connectivity index (χ1n) is 6.34. The highest BCUT2D eigenvalue weighted by molar-refractivity contribution is 5.39. The third-order valence-corrected chi connectivity index (χ3v) is 3.31. The average Bonchev–Trinajstić information content (AvgIpc) is 2.83. The number of para-hydroxylation sites is 1. The van der Waals surface area contributed by atoms with E-state index in [0.717, 1.165) is 17.0 Å².